The summed E-state index contributed by atoms with van der Waals surface area (Å²) >= 11 is 0. The van der Waals surface area contributed by atoms with Crippen LogP contribution in [-0.2, 0) is 9.53 Å². The Kier molecular flexibility index (Phi) is 5.75. The molecule has 6 nitrogen and oxygen atoms in total. The van der Waals surface area contributed by atoms with E-state index in [4.69, 9.17) is 4.74 Å². The molecule has 2 fully saturated rings. The van der Waals surface area contributed by atoms with Crippen LogP contribution in [0.25, 0.3) is 0 Å². The molecule has 1 aromatic carbocycles. The van der Waals surface area contributed by atoms with Gasteiger partial charge in [-0.1, -0.05) is 30.3 Å². The third-order valence-corrected chi connectivity index (χ3v) is 5.17. The van der Waals surface area contributed by atoms with Crippen molar-refractivity contribution in [2.24, 2.45) is 0 Å². The van der Waals surface area contributed by atoms with Gasteiger partial charge in [-0.25, -0.2) is 4.79 Å². The first-order valence-electron chi connectivity index (χ1n) is 9.75. The summed E-state index contributed by atoms with van der Waals surface area (Å²) in [5, 5.41) is 0. The molecule has 1 saturated heterocycles. The van der Waals surface area contributed by atoms with Crippen LogP contribution >= 0.6 is 0 Å². The average Bonchev–Trinajstić information content (AvgIpc) is 3.39. The number of nitrogens with zero attached hydrogens (tertiary/aromatic N) is 3. The van der Waals surface area contributed by atoms with Crippen molar-refractivity contribution < 1.29 is 14.3 Å². The minimum Gasteiger partial charge on any atom is -0.444 e. The standard InChI is InChI=1S/C21H31N3O3/c1-21(2,3)27-20(26)24(15-19(25)23-12-10-22(4)11-13-23)18-14-17(18)16-8-6-5-7-9-16/h5-9,17-18H,10-15H2,1-4H3/t17-,18+/m1/s1. The Hall–Kier alpha value is -2.08. The van der Waals surface area contributed by atoms with E-state index in [-0.39, 0.29) is 24.4 Å². The number of hydrogen-bond donors (Lipinski definition) is 0. The van der Waals surface area contributed by atoms with Crippen molar-refractivity contribution in [3.63, 3.8) is 0 Å². The molecule has 1 saturated carbocycles. The van der Waals surface area contributed by atoms with Gasteiger partial charge in [-0.05, 0) is 39.8 Å². The molecule has 27 heavy (non-hydrogen) atoms. The first-order valence-corrected chi connectivity index (χ1v) is 9.75. The fourth-order valence-corrected chi connectivity index (χ4v) is 3.52. The molecular formula is C21H31N3O3. The highest BCUT2D eigenvalue weighted by atomic mass is 16.6. The second kappa shape index (κ2) is 7.89. The maximum absolute atomic E-state index is 12.8. The molecule has 1 aliphatic carbocycles. The lowest BCUT2D eigenvalue weighted by Crippen LogP contribution is -2.51. The summed E-state index contributed by atoms with van der Waals surface area (Å²) in [6, 6.07) is 10.2. The van der Waals surface area contributed by atoms with E-state index in [9.17, 15) is 9.59 Å². The zero-order valence-corrected chi connectivity index (χ0v) is 16.9. The number of hydrogen-bond acceptors (Lipinski definition) is 4. The molecule has 2 aliphatic rings. The van der Waals surface area contributed by atoms with E-state index in [2.05, 4.69) is 24.1 Å². The molecular weight excluding hydrogens is 342 g/mol. The summed E-state index contributed by atoms with van der Waals surface area (Å²) in [5.41, 5.74) is 0.631. The number of ether oxygens (including phenoxy) is 1. The molecule has 1 heterocycles. The molecule has 0 bridgehead atoms. The zero-order chi connectivity index (χ0) is 19.6. The van der Waals surface area contributed by atoms with Crippen LogP contribution in [0, 0.1) is 0 Å². The first-order chi connectivity index (χ1) is 12.7. The largest absolute Gasteiger partial charge is 0.444 e. The lowest BCUT2D eigenvalue weighted by molar-refractivity contribution is -0.134. The first kappa shape index (κ1) is 19.7. The summed E-state index contributed by atoms with van der Waals surface area (Å²) in [5.74, 6) is 0.284. The van der Waals surface area contributed by atoms with Crippen LogP contribution in [0.2, 0.25) is 0 Å². The second-order valence-electron chi connectivity index (χ2n) is 8.61. The van der Waals surface area contributed by atoms with Gasteiger partial charge in [0.15, 0.2) is 0 Å². The van der Waals surface area contributed by atoms with Gasteiger partial charge < -0.3 is 14.5 Å². The van der Waals surface area contributed by atoms with Crippen LogP contribution in [-0.4, -0.2) is 78.1 Å². The quantitative estimate of drug-likeness (QED) is 0.814. The van der Waals surface area contributed by atoms with Crippen LogP contribution in [0.4, 0.5) is 4.79 Å². The van der Waals surface area contributed by atoms with Gasteiger partial charge in [0, 0.05) is 38.1 Å². The second-order valence-corrected chi connectivity index (χ2v) is 8.61. The minimum atomic E-state index is -0.580. The van der Waals surface area contributed by atoms with Crippen molar-refractivity contribution in [3.8, 4) is 0 Å². The highest BCUT2D eigenvalue weighted by molar-refractivity contribution is 5.83. The number of carbonyl (C=O) groups excluding carboxylic acids is 2. The molecule has 0 radical (unpaired) electrons. The topological polar surface area (TPSA) is 53.1 Å². The number of amides is 2. The van der Waals surface area contributed by atoms with Gasteiger partial charge >= 0.3 is 6.09 Å². The molecule has 0 N–H and O–H groups in total. The Labute approximate surface area is 162 Å². The monoisotopic (exact) mass is 373 g/mol. The van der Waals surface area contributed by atoms with E-state index in [1.54, 1.807) is 4.90 Å². The van der Waals surface area contributed by atoms with Crippen LogP contribution in [0.3, 0.4) is 0 Å². The predicted molar refractivity (Wildman–Crippen MR) is 105 cm³/mol. The molecule has 3 rings (SSSR count). The zero-order valence-electron chi connectivity index (χ0n) is 16.9. The van der Waals surface area contributed by atoms with Gasteiger partial charge in [-0.3, -0.25) is 9.69 Å². The SMILES string of the molecule is CN1CCN(C(=O)CN(C(=O)OC(C)(C)C)[C@H]2C[C@@H]2c2ccccc2)CC1. The Morgan fingerprint density at radius 2 is 1.74 bits per heavy atom. The van der Waals surface area contributed by atoms with Crippen LogP contribution < -0.4 is 0 Å². The summed E-state index contributed by atoms with van der Waals surface area (Å²) < 4.78 is 5.60. The molecule has 6 heteroatoms. The van der Waals surface area contributed by atoms with Gasteiger partial charge in [0.05, 0.1) is 0 Å². The number of rotatable bonds is 4. The van der Waals surface area contributed by atoms with Crippen LogP contribution in [0.15, 0.2) is 30.3 Å². The number of piperazine rings is 1. The third kappa shape index (κ3) is 5.22. The van der Waals surface area contributed by atoms with Crippen molar-refractivity contribution in [2.75, 3.05) is 39.8 Å². The number of likely N-dealkylation sites (N-methyl/N-ethyl adjacent to an activating group) is 1. The third-order valence-electron chi connectivity index (χ3n) is 5.17. The van der Waals surface area contributed by atoms with E-state index < -0.39 is 11.7 Å². The maximum atomic E-state index is 12.8. The number of benzene rings is 1. The van der Waals surface area contributed by atoms with Crippen molar-refractivity contribution in [3.05, 3.63) is 35.9 Å². The summed E-state index contributed by atoms with van der Waals surface area (Å²) in [6.07, 6.45) is 0.479. The van der Waals surface area contributed by atoms with Gasteiger partial charge in [0.1, 0.15) is 12.1 Å². The molecule has 0 spiro atoms. The van der Waals surface area contributed by atoms with E-state index in [0.29, 0.717) is 13.1 Å². The lowest BCUT2D eigenvalue weighted by Gasteiger charge is -2.34. The Bertz CT molecular complexity index is 663. The normalized spacial score (nSPS) is 23.0. The average molecular weight is 373 g/mol. The van der Waals surface area contributed by atoms with Gasteiger partial charge in [-0.15, -0.1) is 0 Å². The van der Waals surface area contributed by atoms with E-state index in [1.807, 2.05) is 43.9 Å². The summed E-state index contributed by atoms with van der Waals surface area (Å²) in [4.78, 5) is 31.3. The molecule has 2 atom stereocenters. The molecule has 148 valence electrons. The Morgan fingerprint density at radius 1 is 1.11 bits per heavy atom. The lowest BCUT2D eigenvalue weighted by atomic mass is 10.1. The summed E-state index contributed by atoms with van der Waals surface area (Å²) in [6.45, 7) is 8.82. The Balaban J connectivity index is 1.69. The molecule has 0 aromatic heterocycles. The summed E-state index contributed by atoms with van der Waals surface area (Å²) in [7, 11) is 2.06. The van der Waals surface area contributed by atoms with Crippen molar-refractivity contribution in [1.29, 1.82) is 0 Å². The van der Waals surface area contributed by atoms with Gasteiger partial charge in [0.2, 0.25) is 5.91 Å². The predicted octanol–water partition coefficient (Wildman–Crippen LogP) is 2.55. The fraction of sp³-hybridized carbons (Fsp3) is 0.619. The molecule has 0 unspecified atom stereocenters. The van der Waals surface area contributed by atoms with E-state index in [0.717, 1.165) is 19.5 Å². The highest BCUT2D eigenvalue weighted by Gasteiger charge is 2.47. The fourth-order valence-electron chi connectivity index (χ4n) is 3.52. The molecule has 2 amide bonds. The van der Waals surface area contributed by atoms with Gasteiger partial charge in [-0.2, -0.15) is 0 Å². The van der Waals surface area contributed by atoms with Gasteiger partial charge in [0.25, 0.3) is 0 Å². The number of carbonyl (C=O) groups is 2. The van der Waals surface area contributed by atoms with Crippen molar-refractivity contribution in [1.82, 2.24) is 14.7 Å². The highest BCUT2D eigenvalue weighted by Crippen LogP contribution is 2.45. The van der Waals surface area contributed by atoms with E-state index in [1.165, 1.54) is 5.56 Å². The Morgan fingerprint density at radius 3 is 2.33 bits per heavy atom. The van der Waals surface area contributed by atoms with Crippen LogP contribution in [0.1, 0.15) is 38.7 Å². The van der Waals surface area contributed by atoms with Crippen molar-refractivity contribution >= 4 is 12.0 Å². The van der Waals surface area contributed by atoms with E-state index >= 15 is 0 Å². The van der Waals surface area contributed by atoms with Crippen LogP contribution in [0.5, 0.6) is 0 Å². The maximum Gasteiger partial charge on any atom is 0.411 e. The minimum absolute atomic E-state index is 0.00710. The molecule has 1 aliphatic heterocycles. The van der Waals surface area contributed by atoms with Crippen molar-refractivity contribution in [2.45, 2.75) is 44.8 Å². The molecule has 1 aromatic rings. The smallest absolute Gasteiger partial charge is 0.411 e.